The largest absolute Gasteiger partial charge is 0.0885 e. The van der Waals surface area contributed by atoms with E-state index in [0.717, 1.165) is 0 Å². The lowest BCUT2D eigenvalue weighted by Gasteiger charge is -2.25. The van der Waals surface area contributed by atoms with Crippen LogP contribution in [0.3, 0.4) is 0 Å². The minimum absolute atomic E-state index is 0.418. The predicted octanol–water partition coefficient (Wildman–Crippen LogP) is 6.33. The molecular weight excluding hydrogens is 260 g/mol. The van der Waals surface area contributed by atoms with Crippen molar-refractivity contribution in [2.45, 2.75) is 90.3 Å². The number of hydrogen-bond donors (Lipinski definition) is 0. The molecule has 1 heteroatoms. The summed E-state index contributed by atoms with van der Waals surface area (Å²) in [6.07, 6.45) is 12.7. The molecule has 0 aliphatic rings. The third-order valence-corrected chi connectivity index (χ3v) is 5.08. The van der Waals surface area contributed by atoms with Gasteiger partial charge in [0.25, 0.3) is 0 Å². The van der Waals surface area contributed by atoms with Crippen molar-refractivity contribution in [3.63, 3.8) is 0 Å². The molecule has 98 valence electrons. The van der Waals surface area contributed by atoms with Crippen LogP contribution in [0.15, 0.2) is 0 Å². The van der Waals surface area contributed by atoms with Crippen LogP contribution in [0.4, 0.5) is 0 Å². The molecule has 0 radical (unpaired) electrons. The second-order valence-corrected chi connectivity index (χ2v) is 7.20. The first-order valence-corrected chi connectivity index (χ1v) is 8.04. The molecule has 1 unspecified atom stereocenters. The fraction of sp³-hybridized carbons (Fsp3) is 1.00. The second kappa shape index (κ2) is 9.50. The molecule has 0 fully saturated rings. The van der Waals surface area contributed by atoms with Gasteiger partial charge in [0.05, 0.1) is 0 Å². The Hall–Kier alpha value is 0.480. The van der Waals surface area contributed by atoms with Gasteiger partial charge in [-0.25, -0.2) is 0 Å². The highest BCUT2D eigenvalue weighted by molar-refractivity contribution is 9.09. The highest BCUT2D eigenvalue weighted by Crippen LogP contribution is 2.30. The van der Waals surface area contributed by atoms with E-state index in [1.165, 1.54) is 57.8 Å². The molecule has 0 aromatic rings. The molecule has 0 heterocycles. The lowest BCUT2D eigenvalue weighted by atomic mass is 9.89. The molecule has 0 saturated heterocycles. The van der Waals surface area contributed by atoms with Gasteiger partial charge in [0.15, 0.2) is 0 Å². The van der Waals surface area contributed by atoms with Gasteiger partial charge in [-0.1, -0.05) is 95.0 Å². The van der Waals surface area contributed by atoms with Crippen LogP contribution < -0.4 is 0 Å². The van der Waals surface area contributed by atoms with E-state index in [1.54, 1.807) is 0 Å². The molecule has 0 nitrogen and oxygen atoms in total. The molecule has 0 aliphatic carbocycles. The fourth-order valence-corrected chi connectivity index (χ4v) is 2.21. The molecule has 0 amide bonds. The van der Waals surface area contributed by atoms with E-state index in [2.05, 4.69) is 43.6 Å². The van der Waals surface area contributed by atoms with E-state index in [9.17, 15) is 0 Å². The fourth-order valence-electron chi connectivity index (χ4n) is 1.89. The van der Waals surface area contributed by atoms with E-state index in [4.69, 9.17) is 0 Å². The summed E-state index contributed by atoms with van der Waals surface area (Å²) in [7, 11) is 0. The molecule has 0 bridgehead atoms. The zero-order valence-corrected chi connectivity index (χ0v) is 13.4. The number of halogens is 1. The van der Waals surface area contributed by atoms with Crippen molar-refractivity contribution in [1.82, 2.24) is 0 Å². The van der Waals surface area contributed by atoms with E-state index in [0.29, 0.717) is 10.2 Å². The first-order valence-electron chi connectivity index (χ1n) is 7.12. The van der Waals surface area contributed by atoms with Crippen molar-refractivity contribution >= 4 is 15.9 Å². The number of alkyl halides is 1. The lowest BCUT2D eigenvalue weighted by molar-refractivity contribution is 0.376. The van der Waals surface area contributed by atoms with Crippen LogP contribution >= 0.6 is 15.9 Å². The second-order valence-electron chi connectivity index (χ2n) is 6.10. The van der Waals surface area contributed by atoms with Gasteiger partial charge in [0.1, 0.15) is 0 Å². The zero-order chi connectivity index (χ0) is 12.4. The van der Waals surface area contributed by atoms with E-state index < -0.39 is 0 Å². The van der Waals surface area contributed by atoms with Crippen LogP contribution in [0.5, 0.6) is 0 Å². The van der Waals surface area contributed by atoms with Gasteiger partial charge in [-0.3, -0.25) is 0 Å². The normalized spacial score (nSPS) is 14.1. The number of rotatable bonds is 9. The summed E-state index contributed by atoms with van der Waals surface area (Å²) in [6, 6.07) is 0. The zero-order valence-electron chi connectivity index (χ0n) is 11.8. The minimum atomic E-state index is 0.418. The molecule has 0 aliphatic heterocycles. The van der Waals surface area contributed by atoms with Crippen molar-refractivity contribution in [3.8, 4) is 0 Å². The Balaban J connectivity index is 3.21. The monoisotopic (exact) mass is 290 g/mol. The lowest BCUT2D eigenvalue weighted by Crippen LogP contribution is -2.19. The highest BCUT2D eigenvalue weighted by Gasteiger charge is 2.20. The Morgan fingerprint density at radius 2 is 1.25 bits per heavy atom. The van der Waals surface area contributed by atoms with Gasteiger partial charge in [0.2, 0.25) is 0 Å². The van der Waals surface area contributed by atoms with Crippen LogP contribution in [-0.4, -0.2) is 4.83 Å². The van der Waals surface area contributed by atoms with Crippen molar-refractivity contribution < 1.29 is 0 Å². The molecule has 16 heavy (non-hydrogen) atoms. The molecule has 0 N–H and O–H groups in total. The summed E-state index contributed by atoms with van der Waals surface area (Å²) in [5.74, 6) is 0. The van der Waals surface area contributed by atoms with E-state index in [-0.39, 0.29) is 0 Å². The number of unbranched alkanes of at least 4 members (excludes halogenated alkanes) is 7. The van der Waals surface area contributed by atoms with Crippen LogP contribution in [0.25, 0.3) is 0 Å². The summed E-state index contributed by atoms with van der Waals surface area (Å²) in [6.45, 7) is 9.23. The van der Waals surface area contributed by atoms with Gasteiger partial charge >= 0.3 is 0 Å². The van der Waals surface area contributed by atoms with Gasteiger partial charge in [-0.05, 0) is 11.8 Å². The van der Waals surface area contributed by atoms with Crippen LogP contribution in [0.1, 0.15) is 85.5 Å². The SMILES string of the molecule is CCCCCCCCCCC(Br)C(C)(C)C. The quantitative estimate of drug-likeness (QED) is 0.344. The molecule has 0 aromatic carbocycles. The minimum Gasteiger partial charge on any atom is -0.0885 e. The van der Waals surface area contributed by atoms with Crippen LogP contribution in [0.2, 0.25) is 0 Å². The van der Waals surface area contributed by atoms with Gasteiger partial charge < -0.3 is 0 Å². The van der Waals surface area contributed by atoms with E-state index >= 15 is 0 Å². The van der Waals surface area contributed by atoms with Crippen molar-refractivity contribution in [3.05, 3.63) is 0 Å². The summed E-state index contributed by atoms with van der Waals surface area (Å²) >= 11 is 3.80. The third-order valence-electron chi connectivity index (χ3n) is 3.25. The maximum Gasteiger partial charge on any atom is 0.0194 e. The molecule has 0 saturated carbocycles. The topological polar surface area (TPSA) is 0 Å². The van der Waals surface area contributed by atoms with Crippen LogP contribution in [0, 0.1) is 5.41 Å². The third kappa shape index (κ3) is 9.69. The van der Waals surface area contributed by atoms with Gasteiger partial charge in [0, 0.05) is 4.83 Å². The Labute approximate surface area is 112 Å². The summed E-state index contributed by atoms with van der Waals surface area (Å²) in [5.41, 5.74) is 0.418. The smallest absolute Gasteiger partial charge is 0.0194 e. The molecule has 0 spiro atoms. The summed E-state index contributed by atoms with van der Waals surface area (Å²) < 4.78 is 0. The predicted molar refractivity (Wildman–Crippen MR) is 79.4 cm³/mol. The first-order chi connectivity index (χ1) is 7.48. The average Bonchev–Trinajstić information content (AvgIpc) is 2.20. The Morgan fingerprint density at radius 3 is 1.69 bits per heavy atom. The Morgan fingerprint density at radius 1 is 0.812 bits per heavy atom. The molecule has 0 aromatic heterocycles. The first kappa shape index (κ1) is 16.5. The van der Waals surface area contributed by atoms with E-state index in [1.807, 2.05) is 0 Å². The summed E-state index contributed by atoms with van der Waals surface area (Å²) in [5, 5.41) is 0. The average molecular weight is 291 g/mol. The molecule has 1 atom stereocenters. The van der Waals surface area contributed by atoms with Gasteiger partial charge in [-0.15, -0.1) is 0 Å². The summed E-state index contributed by atoms with van der Waals surface area (Å²) in [4.78, 5) is 0.681. The maximum atomic E-state index is 3.80. The van der Waals surface area contributed by atoms with Crippen molar-refractivity contribution in [2.75, 3.05) is 0 Å². The van der Waals surface area contributed by atoms with Crippen LogP contribution in [-0.2, 0) is 0 Å². The van der Waals surface area contributed by atoms with Crippen molar-refractivity contribution in [2.24, 2.45) is 5.41 Å². The number of hydrogen-bond acceptors (Lipinski definition) is 0. The van der Waals surface area contributed by atoms with Gasteiger partial charge in [-0.2, -0.15) is 0 Å². The van der Waals surface area contributed by atoms with Crippen molar-refractivity contribution in [1.29, 1.82) is 0 Å². The molecular formula is C15H31Br. The Kier molecular flexibility index (Phi) is 9.79. The highest BCUT2D eigenvalue weighted by atomic mass is 79.9. The standard InChI is InChI=1S/C15H31Br/c1-5-6-7-8-9-10-11-12-13-14(16)15(2,3)4/h14H,5-13H2,1-4H3. The molecule has 0 rings (SSSR count). The maximum absolute atomic E-state index is 3.80. The Bertz CT molecular complexity index is 146.